The van der Waals surface area contributed by atoms with E-state index in [1.807, 2.05) is 0 Å². The molecule has 1 aromatic rings. The predicted octanol–water partition coefficient (Wildman–Crippen LogP) is 0.829. The Morgan fingerprint density at radius 2 is 2.21 bits per heavy atom. The van der Waals surface area contributed by atoms with E-state index in [9.17, 15) is 14.0 Å². The lowest BCUT2D eigenvalue weighted by atomic mass is 10.1. The molecule has 102 valence electrons. The third kappa shape index (κ3) is 2.83. The van der Waals surface area contributed by atoms with Crippen molar-refractivity contribution >= 4 is 17.5 Å². The normalized spacial score (nSPS) is 15.7. The van der Waals surface area contributed by atoms with Crippen molar-refractivity contribution in [2.75, 3.05) is 32.0 Å². The second kappa shape index (κ2) is 5.69. The maximum atomic E-state index is 13.6. The highest BCUT2D eigenvalue weighted by Crippen LogP contribution is 2.21. The molecule has 2 amide bonds. The Bertz CT molecular complexity index is 505. The van der Waals surface area contributed by atoms with E-state index >= 15 is 0 Å². The maximum absolute atomic E-state index is 13.6. The third-order valence-electron chi connectivity index (χ3n) is 3.09. The molecular weight excluding hydrogens is 249 g/mol. The minimum atomic E-state index is -0.461. The first-order chi connectivity index (χ1) is 9.13. The molecule has 0 spiro atoms. The van der Waals surface area contributed by atoms with Crippen molar-refractivity contribution in [3.8, 4) is 0 Å². The van der Waals surface area contributed by atoms with Crippen LogP contribution in [0.3, 0.4) is 0 Å². The summed E-state index contributed by atoms with van der Waals surface area (Å²) in [4.78, 5) is 25.2. The van der Waals surface area contributed by atoms with Crippen LogP contribution in [0.4, 0.5) is 10.1 Å². The summed E-state index contributed by atoms with van der Waals surface area (Å²) >= 11 is 0. The Hall–Kier alpha value is -2.11. The zero-order chi connectivity index (χ0) is 13.8. The molecule has 1 aliphatic rings. The average molecular weight is 265 g/mol. The van der Waals surface area contributed by atoms with Crippen molar-refractivity contribution in [2.24, 2.45) is 0 Å². The molecule has 1 fully saturated rings. The van der Waals surface area contributed by atoms with E-state index in [1.54, 1.807) is 18.0 Å². The molecule has 6 heteroatoms. The zero-order valence-corrected chi connectivity index (χ0v) is 10.7. The number of amides is 2. The van der Waals surface area contributed by atoms with Gasteiger partial charge < -0.3 is 15.5 Å². The van der Waals surface area contributed by atoms with Crippen LogP contribution in [0.5, 0.6) is 0 Å². The highest BCUT2D eigenvalue weighted by Gasteiger charge is 2.22. The van der Waals surface area contributed by atoms with Gasteiger partial charge in [0, 0.05) is 33.1 Å². The van der Waals surface area contributed by atoms with E-state index in [4.69, 9.17) is 0 Å². The van der Waals surface area contributed by atoms with Gasteiger partial charge in [-0.2, -0.15) is 0 Å². The van der Waals surface area contributed by atoms with Crippen molar-refractivity contribution in [3.05, 3.63) is 29.6 Å². The number of halogens is 1. The standard InChI is InChI=1S/C13H16FN3O2/c1-15-12-9(3-2-4-10(12)14)13(19)17-7-5-11(18)16-6-8-17/h2-4,15H,5-8H2,1H3,(H,16,18). The molecule has 19 heavy (non-hydrogen) atoms. The van der Waals surface area contributed by atoms with Crippen molar-refractivity contribution in [1.29, 1.82) is 0 Å². The molecule has 1 aromatic carbocycles. The van der Waals surface area contributed by atoms with Crippen molar-refractivity contribution in [3.63, 3.8) is 0 Å². The monoisotopic (exact) mass is 265 g/mol. The molecule has 1 aliphatic heterocycles. The lowest BCUT2D eigenvalue weighted by molar-refractivity contribution is -0.120. The molecule has 0 bridgehead atoms. The number of carbonyl (C=O) groups is 2. The van der Waals surface area contributed by atoms with E-state index in [-0.39, 0.29) is 29.5 Å². The number of nitrogens with zero attached hydrogens (tertiary/aromatic N) is 1. The predicted molar refractivity (Wildman–Crippen MR) is 69.5 cm³/mol. The number of nitrogens with one attached hydrogen (secondary N) is 2. The van der Waals surface area contributed by atoms with Gasteiger partial charge in [-0.25, -0.2) is 4.39 Å². The minimum absolute atomic E-state index is 0.0663. The fraction of sp³-hybridized carbons (Fsp3) is 0.385. The third-order valence-corrected chi connectivity index (χ3v) is 3.09. The summed E-state index contributed by atoms with van der Waals surface area (Å²) in [7, 11) is 1.57. The SMILES string of the molecule is CNc1c(F)cccc1C(=O)N1CCNC(=O)CC1. The number of anilines is 1. The minimum Gasteiger partial charge on any atom is -0.385 e. The van der Waals surface area contributed by atoms with Gasteiger partial charge in [0.2, 0.25) is 5.91 Å². The van der Waals surface area contributed by atoms with Crippen LogP contribution in [0.2, 0.25) is 0 Å². The Kier molecular flexibility index (Phi) is 3.99. The second-order valence-electron chi connectivity index (χ2n) is 4.30. The van der Waals surface area contributed by atoms with Crippen LogP contribution in [-0.2, 0) is 4.79 Å². The molecule has 2 N–H and O–H groups in total. The van der Waals surface area contributed by atoms with Crippen LogP contribution in [0.15, 0.2) is 18.2 Å². The Balaban J connectivity index is 2.24. The van der Waals surface area contributed by atoms with Gasteiger partial charge in [0.15, 0.2) is 0 Å². The summed E-state index contributed by atoms with van der Waals surface area (Å²) < 4.78 is 13.6. The first-order valence-electron chi connectivity index (χ1n) is 6.15. The summed E-state index contributed by atoms with van der Waals surface area (Å²) in [5.74, 6) is -0.791. The van der Waals surface area contributed by atoms with Gasteiger partial charge in [-0.05, 0) is 12.1 Å². The summed E-state index contributed by atoms with van der Waals surface area (Å²) in [5, 5.41) is 5.40. The largest absolute Gasteiger partial charge is 0.385 e. The van der Waals surface area contributed by atoms with Gasteiger partial charge in [0.05, 0.1) is 11.3 Å². The van der Waals surface area contributed by atoms with E-state index in [0.29, 0.717) is 19.6 Å². The van der Waals surface area contributed by atoms with Crippen LogP contribution in [-0.4, -0.2) is 43.4 Å². The molecule has 0 aromatic heterocycles. The number of para-hydroxylation sites is 1. The molecule has 0 radical (unpaired) electrons. The van der Waals surface area contributed by atoms with Crippen LogP contribution in [0.1, 0.15) is 16.8 Å². The van der Waals surface area contributed by atoms with E-state index in [0.717, 1.165) is 0 Å². The molecule has 2 rings (SSSR count). The lowest BCUT2D eigenvalue weighted by Gasteiger charge is -2.21. The molecule has 0 saturated carbocycles. The molecular formula is C13H16FN3O2. The highest BCUT2D eigenvalue weighted by atomic mass is 19.1. The molecule has 1 saturated heterocycles. The number of benzene rings is 1. The Labute approximate surface area is 110 Å². The quantitative estimate of drug-likeness (QED) is 0.832. The van der Waals surface area contributed by atoms with Crippen molar-refractivity contribution in [1.82, 2.24) is 10.2 Å². The average Bonchev–Trinajstić information content (AvgIpc) is 2.62. The molecule has 0 unspecified atom stereocenters. The number of hydrogen-bond acceptors (Lipinski definition) is 3. The Morgan fingerprint density at radius 1 is 1.42 bits per heavy atom. The number of hydrogen-bond donors (Lipinski definition) is 2. The van der Waals surface area contributed by atoms with E-state index < -0.39 is 5.82 Å². The molecule has 5 nitrogen and oxygen atoms in total. The van der Waals surface area contributed by atoms with Crippen molar-refractivity contribution in [2.45, 2.75) is 6.42 Å². The summed E-state index contributed by atoms with van der Waals surface area (Å²) in [6.07, 6.45) is 0.274. The van der Waals surface area contributed by atoms with Crippen molar-refractivity contribution < 1.29 is 14.0 Å². The summed E-state index contributed by atoms with van der Waals surface area (Å²) in [6.45, 7) is 1.21. The van der Waals surface area contributed by atoms with Gasteiger partial charge in [-0.15, -0.1) is 0 Å². The van der Waals surface area contributed by atoms with E-state index in [2.05, 4.69) is 10.6 Å². The molecule has 0 atom stereocenters. The summed E-state index contributed by atoms with van der Waals surface area (Å²) in [5.41, 5.74) is 0.480. The topological polar surface area (TPSA) is 61.4 Å². The maximum Gasteiger partial charge on any atom is 0.256 e. The lowest BCUT2D eigenvalue weighted by Crippen LogP contribution is -2.34. The second-order valence-corrected chi connectivity index (χ2v) is 4.30. The van der Waals surface area contributed by atoms with Crippen LogP contribution >= 0.6 is 0 Å². The highest BCUT2D eigenvalue weighted by molar-refractivity contribution is 6.00. The fourth-order valence-electron chi connectivity index (χ4n) is 2.10. The molecule has 1 heterocycles. The molecule has 0 aliphatic carbocycles. The van der Waals surface area contributed by atoms with E-state index in [1.165, 1.54) is 12.1 Å². The van der Waals surface area contributed by atoms with Crippen LogP contribution < -0.4 is 10.6 Å². The Morgan fingerprint density at radius 3 is 2.95 bits per heavy atom. The fourth-order valence-corrected chi connectivity index (χ4v) is 2.10. The van der Waals surface area contributed by atoms with Crippen LogP contribution in [0, 0.1) is 5.82 Å². The number of rotatable bonds is 2. The summed E-state index contributed by atoms with van der Waals surface area (Å²) in [6, 6.07) is 4.39. The van der Waals surface area contributed by atoms with Gasteiger partial charge in [0.25, 0.3) is 5.91 Å². The van der Waals surface area contributed by atoms with Crippen LogP contribution in [0.25, 0.3) is 0 Å². The number of carbonyl (C=O) groups excluding carboxylic acids is 2. The van der Waals surface area contributed by atoms with Gasteiger partial charge in [-0.1, -0.05) is 6.07 Å². The van der Waals surface area contributed by atoms with Gasteiger partial charge in [-0.3, -0.25) is 9.59 Å². The van der Waals surface area contributed by atoms with Gasteiger partial charge in [0.1, 0.15) is 5.82 Å². The first-order valence-corrected chi connectivity index (χ1v) is 6.15. The zero-order valence-electron chi connectivity index (χ0n) is 10.7. The first kappa shape index (κ1) is 13.3. The van der Waals surface area contributed by atoms with Gasteiger partial charge >= 0.3 is 0 Å². The smallest absolute Gasteiger partial charge is 0.256 e.